The van der Waals surface area contributed by atoms with Crippen molar-refractivity contribution in [1.82, 2.24) is 0 Å². The maximum absolute atomic E-state index is 10.0. The Morgan fingerprint density at radius 2 is 1.79 bits per heavy atom. The Hall–Kier alpha value is -1.10. The fourth-order valence-corrected chi connectivity index (χ4v) is 0.659. The van der Waals surface area contributed by atoms with Crippen LogP contribution in [0.2, 0.25) is 0 Å². The number of carboxylic acid groups (broad SMARTS) is 2. The van der Waals surface area contributed by atoms with E-state index in [1.165, 1.54) is 0 Å². The van der Waals surface area contributed by atoms with Gasteiger partial charge in [0.05, 0.1) is 6.10 Å². The zero-order valence-corrected chi connectivity index (χ0v) is 8.82. The third-order valence-corrected chi connectivity index (χ3v) is 1.40. The van der Waals surface area contributed by atoms with E-state index in [-0.39, 0.29) is 12.5 Å². The number of methoxy groups -OCH3 is 1. The first kappa shape index (κ1) is 15.4. The SMILES string of the molecule is CC(=O)O.COC(C)CCCC(=O)O. The molecule has 5 heteroatoms. The Labute approximate surface area is 83.7 Å². The molecule has 0 radical (unpaired) electrons. The molecule has 0 aliphatic carbocycles. The summed E-state index contributed by atoms with van der Waals surface area (Å²) in [5.74, 6) is -1.57. The van der Waals surface area contributed by atoms with Crippen molar-refractivity contribution in [1.29, 1.82) is 0 Å². The lowest BCUT2D eigenvalue weighted by molar-refractivity contribution is -0.137. The number of carboxylic acids is 2. The number of hydrogen-bond acceptors (Lipinski definition) is 3. The molecule has 0 amide bonds. The Bertz CT molecular complexity index is 163. The summed E-state index contributed by atoms with van der Waals surface area (Å²) in [7, 11) is 1.63. The Kier molecular flexibility index (Phi) is 11.0. The topological polar surface area (TPSA) is 83.8 Å². The van der Waals surface area contributed by atoms with Crippen molar-refractivity contribution in [2.75, 3.05) is 7.11 Å². The molecule has 0 aromatic carbocycles. The number of ether oxygens (including phenoxy) is 1. The van der Waals surface area contributed by atoms with Crippen molar-refractivity contribution >= 4 is 11.9 Å². The zero-order valence-electron chi connectivity index (χ0n) is 8.82. The zero-order chi connectivity index (χ0) is 11.6. The van der Waals surface area contributed by atoms with Crippen LogP contribution < -0.4 is 0 Å². The van der Waals surface area contributed by atoms with Crippen LogP contribution in [-0.4, -0.2) is 35.4 Å². The van der Waals surface area contributed by atoms with Crippen LogP contribution in [0.3, 0.4) is 0 Å². The summed E-state index contributed by atoms with van der Waals surface area (Å²) in [6, 6.07) is 0. The van der Waals surface area contributed by atoms with Crippen LogP contribution in [0.5, 0.6) is 0 Å². The molecule has 0 aromatic rings. The molecular weight excluding hydrogens is 188 g/mol. The van der Waals surface area contributed by atoms with Crippen molar-refractivity contribution in [3.05, 3.63) is 0 Å². The van der Waals surface area contributed by atoms with E-state index in [0.717, 1.165) is 13.3 Å². The lowest BCUT2D eigenvalue weighted by Gasteiger charge is -2.06. The second kappa shape index (κ2) is 9.98. The van der Waals surface area contributed by atoms with Crippen LogP contribution in [0.1, 0.15) is 33.1 Å². The van der Waals surface area contributed by atoms with Crippen LogP contribution in [-0.2, 0) is 14.3 Å². The van der Waals surface area contributed by atoms with Gasteiger partial charge in [-0.05, 0) is 19.8 Å². The third-order valence-electron chi connectivity index (χ3n) is 1.40. The minimum atomic E-state index is -0.833. The Morgan fingerprint density at radius 3 is 2.07 bits per heavy atom. The van der Waals surface area contributed by atoms with Crippen molar-refractivity contribution in [2.24, 2.45) is 0 Å². The lowest BCUT2D eigenvalue weighted by Crippen LogP contribution is -2.05. The average Bonchev–Trinajstić information content (AvgIpc) is 2.02. The highest BCUT2D eigenvalue weighted by molar-refractivity contribution is 5.66. The molecule has 0 bridgehead atoms. The second-order valence-electron chi connectivity index (χ2n) is 2.85. The van der Waals surface area contributed by atoms with E-state index >= 15 is 0 Å². The van der Waals surface area contributed by atoms with Gasteiger partial charge in [0.25, 0.3) is 5.97 Å². The van der Waals surface area contributed by atoms with Gasteiger partial charge >= 0.3 is 5.97 Å². The first-order chi connectivity index (χ1) is 6.40. The molecule has 0 fully saturated rings. The van der Waals surface area contributed by atoms with Gasteiger partial charge in [-0.2, -0.15) is 0 Å². The van der Waals surface area contributed by atoms with Gasteiger partial charge in [-0.1, -0.05) is 0 Å². The molecule has 0 rings (SSSR count). The van der Waals surface area contributed by atoms with Crippen molar-refractivity contribution in [3.63, 3.8) is 0 Å². The molecule has 84 valence electrons. The maximum Gasteiger partial charge on any atom is 0.303 e. The molecule has 1 atom stereocenters. The summed E-state index contributed by atoms with van der Waals surface area (Å²) in [6.07, 6.45) is 1.94. The molecule has 0 aromatic heterocycles. The van der Waals surface area contributed by atoms with Gasteiger partial charge in [-0.25, -0.2) is 0 Å². The van der Waals surface area contributed by atoms with E-state index in [1.54, 1.807) is 7.11 Å². The highest BCUT2D eigenvalue weighted by Crippen LogP contribution is 2.02. The number of aliphatic carboxylic acids is 2. The summed E-state index contributed by atoms with van der Waals surface area (Å²) < 4.78 is 4.94. The van der Waals surface area contributed by atoms with Gasteiger partial charge in [0.15, 0.2) is 0 Å². The van der Waals surface area contributed by atoms with Crippen molar-refractivity contribution in [2.45, 2.75) is 39.2 Å². The predicted molar refractivity (Wildman–Crippen MR) is 51.3 cm³/mol. The van der Waals surface area contributed by atoms with E-state index in [0.29, 0.717) is 6.42 Å². The minimum absolute atomic E-state index is 0.180. The second-order valence-corrected chi connectivity index (χ2v) is 2.85. The van der Waals surface area contributed by atoms with Gasteiger partial charge < -0.3 is 14.9 Å². The maximum atomic E-state index is 10.0. The van der Waals surface area contributed by atoms with E-state index in [1.807, 2.05) is 6.92 Å². The third kappa shape index (κ3) is 22.4. The Balaban J connectivity index is 0. The molecule has 2 N–H and O–H groups in total. The highest BCUT2D eigenvalue weighted by atomic mass is 16.5. The van der Waals surface area contributed by atoms with Gasteiger partial charge in [-0.3, -0.25) is 9.59 Å². The van der Waals surface area contributed by atoms with Crippen molar-refractivity contribution in [3.8, 4) is 0 Å². The van der Waals surface area contributed by atoms with Crippen LogP contribution >= 0.6 is 0 Å². The standard InChI is InChI=1S/C7H14O3.C2H4O2/c1-6(10-2)4-3-5-7(8)9;1-2(3)4/h6H,3-5H2,1-2H3,(H,8,9);1H3,(H,3,4). The Morgan fingerprint density at radius 1 is 1.36 bits per heavy atom. The van der Waals surface area contributed by atoms with Crippen LogP contribution in [0.4, 0.5) is 0 Å². The van der Waals surface area contributed by atoms with E-state index < -0.39 is 11.9 Å². The van der Waals surface area contributed by atoms with E-state index in [2.05, 4.69) is 0 Å². The largest absolute Gasteiger partial charge is 0.481 e. The summed E-state index contributed by atoms with van der Waals surface area (Å²) in [5.41, 5.74) is 0. The van der Waals surface area contributed by atoms with Gasteiger partial charge in [0, 0.05) is 20.5 Å². The minimum Gasteiger partial charge on any atom is -0.481 e. The number of carbonyl (C=O) groups is 2. The molecular formula is C9H18O5. The molecule has 0 aliphatic rings. The van der Waals surface area contributed by atoms with Gasteiger partial charge in [0.2, 0.25) is 0 Å². The molecule has 14 heavy (non-hydrogen) atoms. The summed E-state index contributed by atoms with van der Waals surface area (Å²) in [5, 5.41) is 15.7. The highest BCUT2D eigenvalue weighted by Gasteiger charge is 2.01. The summed E-state index contributed by atoms with van der Waals surface area (Å²) in [6.45, 7) is 3.02. The fraction of sp³-hybridized carbons (Fsp3) is 0.778. The van der Waals surface area contributed by atoms with Gasteiger partial charge in [-0.15, -0.1) is 0 Å². The summed E-state index contributed by atoms with van der Waals surface area (Å²) >= 11 is 0. The molecule has 0 spiro atoms. The molecule has 1 unspecified atom stereocenters. The normalized spacial score (nSPS) is 11.1. The quantitative estimate of drug-likeness (QED) is 0.709. The monoisotopic (exact) mass is 206 g/mol. The summed E-state index contributed by atoms with van der Waals surface area (Å²) in [4.78, 5) is 19.0. The lowest BCUT2D eigenvalue weighted by atomic mass is 10.2. The fourth-order valence-electron chi connectivity index (χ4n) is 0.659. The molecule has 0 heterocycles. The molecule has 0 aliphatic heterocycles. The van der Waals surface area contributed by atoms with Crippen LogP contribution in [0.15, 0.2) is 0 Å². The molecule has 5 nitrogen and oxygen atoms in total. The smallest absolute Gasteiger partial charge is 0.303 e. The first-order valence-electron chi connectivity index (χ1n) is 4.34. The molecule has 0 saturated carbocycles. The van der Waals surface area contributed by atoms with Gasteiger partial charge in [0.1, 0.15) is 0 Å². The first-order valence-corrected chi connectivity index (χ1v) is 4.34. The molecule has 0 saturated heterocycles. The number of hydrogen-bond donors (Lipinski definition) is 2. The number of rotatable bonds is 5. The predicted octanol–water partition coefficient (Wildman–Crippen LogP) is 1.37. The van der Waals surface area contributed by atoms with Crippen LogP contribution in [0.25, 0.3) is 0 Å². The van der Waals surface area contributed by atoms with E-state index in [9.17, 15) is 4.79 Å². The van der Waals surface area contributed by atoms with Crippen molar-refractivity contribution < 1.29 is 24.5 Å². The van der Waals surface area contributed by atoms with Crippen LogP contribution in [0, 0.1) is 0 Å². The van der Waals surface area contributed by atoms with E-state index in [4.69, 9.17) is 19.7 Å². The average molecular weight is 206 g/mol.